The standard InChI is InChI=1S/C20H15BrF3N3O/c1-27-17(11-28-15-7-4-12-8-9-25-16(12)10-15)18(21)19(26-27)13-2-5-14(6-3-13)20(22,23)24/h2-10,25H,11H2,1H3. The minimum absolute atomic E-state index is 0.261. The number of hydrogen-bond donors (Lipinski definition) is 1. The van der Waals surface area contributed by atoms with Crippen LogP contribution >= 0.6 is 15.9 Å². The van der Waals surface area contributed by atoms with E-state index >= 15 is 0 Å². The molecule has 8 heteroatoms. The van der Waals surface area contributed by atoms with E-state index in [0.29, 0.717) is 21.5 Å². The number of fused-ring (bicyclic) bond motifs is 1. The lowest BCUT2D eigenvalue weighted by Crippen LogP contribution is -2.04. The molecule has 28 heavy (non-hydrogen) atoms. The first-order valence-electron chi connectivity index (χ1n) is 8.42. The first kappa shape index (κ1) is 18.6. The van der Waals surface area contributed by atoms with Crippen LogP contribution in [-0.4, -0.2) is 14.8 Å². The Hall–Kier alpha value is -2.74. The summed E-state index contributed by atoms with van der Waals surface area (Å²) in [6, 6.07) is 12.7. The summed E-state index contributed by atoms with van der Waals surface area (Å²) in [5.41, 5.74) is 2.23. The van der Waals surface area contributed by atoms with Gasteiger partial charge in [-0.3, -0.25) is 4.68 Å². The molecule has 0 aliphatic rings. The van der Waals surface area contributed by atoms with Gasteiger partial charge in [0.1, 0.15) is 18.1 Å². The number of nitrogens with one attached hydrogen (secondary N) is 1. The normalized spacial score (nSPS) is 11.9. The molecule has 2 heterocycles. The van der Waals surface area contributed by atoms with Crippen molar-refractivity contribution in [3.05, 3.63) is 70.5 Å². The lowest BCUT2D eigenvalue weighted by Gasteiger charge is -2.07. The van der Waals surface area contributed by atoms with Gasteiger partial charge in [-0.05, 0) is 51.6 Å². The number of ether oxygens (including phenoxy) is 1. The zero-order chi connectivity index (χ0) is 19.9. The van der Waals surface area contributed by atoms with Crippen molar-refractivity contribution in [3.8, 4) is 17.0 Å². The van der Waals surface area contributed by atoms with Crippen LogP contribution in [0.15, 0.2) is 59.2 Å². The lowest BCUT2D eigenvalue weighted by molar-refractivity contribution is -0.137. The second-order valence-electron chi connectivity index (χ2n) is 6.32. The average Bonchev–Trinajstić information content (AvgIpc) is 3.23. The van der Waals surface area contributed by atoms with E-state index in [4.69, 9.17) is 4.74 Å². The molecule has 0 atom stereocenters. The molecule has 0 aliphatic carbocycles. The van der Waals surface area contributed by atoms with E-state index in [1.165, 1.54) is 12.1 Å². The van der Waals surface area contributed by atoms with E-state index in [2.05, 4.69) is 26.0 Å². The number of hydrogen-bond acceptors (Lipinski definition) is 2. The van der Waals surface area contributed by atoms with Crippen LogP contribution in [0.4, 0.5) is 13.2 Å². The predicted octanol–water partition coefficient (Wildman–Crippen LogP) is 5.93. The van der Waals surface area contributed by atoms with Gasteiger partial charge in [-0.2, -0.15) is 18.3 Å². The molecule has 0 spiro atoms. The second kappa shape index (κ2) is 7.01. The van der Waals surface area contributed by atoms with Crippen LogP contribution in [0.3, 0.4) is 0 Å². The number of nitrogens with zero attached hydrogens (tertiary/aromatic N) is 2. The van der Waals surface area contributed by atoms with Crippen molar-refractivity contribution in [3.63, 3.8) is 0 Å². The third-order valence-electron chi connectivity index (χ3n) is 4.49. The summed E-state index contributed by atoms with van der Waals surface area (Å²) in [5.74, 6) is 0.708. The van der Waals surface area contributed by atoms with Crippen molar-refractivity contribution in [2.24, 2.45) is 7.05 Å². The highest BCUT2D eigenvalue weighted by molar-refractivity contribution is 9.10. The third kappa shape index (κ3) is 3.52. The maximum atomic E-state index is 12.8. The summed E-state index contributed by atoms with van der Waals surface area (Å²) in [7, 11) is 1.77. The molecule has 0 bridgehead atoms. The van der Waals surface area contributed by atoms with Gasteiger partial charge < -0.3 is 9.72 Å². The Bertz CT molecular complexity index is 1130. The molecule has 4 aromatic rings. The van der Waals surface area contributed by atoms with Gasteiger partial charge in [-0.1, -0.05) is 12.1 Å². The summed E-state index contributed by atoms with van der Waals surface area (Å²) in [6.07, 6.45) is -2.50. The minimum Gasteiger partial charge on any atom is -0.487 e. The monoisotopic (exact) mass is 449 g/mol. The lowest BCUT2D eigenvalue weighted by atomic mass is 10.1. The molecule has 0 saturated carbocycles. The number of H-pyrrole nitrogens is 1. The van der Waals surface area contributed by atoms with Crippen LogP contribution in [0, 0.1) is 0 Å². The van der Waals surface area contributed by atoms with E-state index in [1.54, 1.807) is 11.7 Å². The quantitative estimate of drug-likeness (QED) is 0.419. The Balaban J connectivity index is 1.56. The van der Waals surface area contributed by atoms with E-state index in [0.717, 1.165) is 28.7 Å². The van der Waals surface area contributed by atoms with Gasteiger partial charge in [0, 0.05) is 30.4 Å². The van der Waals surface area contributed by atoms with Crippen molar-refractivity contribution in [2.45, 2.75) is 12.8 Å². The number of aromatic nitrogens is 3. The maximum absolute atomic E-state index is 12.8. The van der Waals surface area contributed by atoms with Crippen LogP contribution in [0.25, 0.3) is 22.2 Å². The van der Waals surface area contributed by atoms with Gasteiger partial charge >= 0.3 is 6.18 Å². The van der Waals surface area contributed by atoms with Crippen molar-refractivity contribution in [1.29, 1.82) is 0 Å². The molecular formula is C20H15BrF3N3O. The van der Waals surface area contributed by atoms with Gasteiger partial charge in [0.15, 0.2) is 0 Å². The predicted molar refractivity (Wildman–Crippen MR) is 104 cm³/mol. The number of alkyl halides is 3. The average molecular weight is 450 g/mol. The highest BCUT2D eigenvalue weighted by atomic mass is 79.9. The molecule has 2 aromatic heterocycles. The van der Waals surface area contributed by atoms with Crippen molar-refractivity contribution >= 4 is 26.8 Å². The Morgan fingerprint density at radius 3 is 2.57 bits per heavy atom. The van der Waals surface area contributed by atoms with Crippen molar-refractivity contribution in [1.82, 2.24) is 14.8 Å². The molecule has 4 nitrogen and oxygen atoms in total. The first-order chi connectivity index (χ1) is 13.3. The Kier molecular flexibility index (Phi) is 4.66. The molecular weight excluding hydrogens is 435 g/mol. The van der Waals surface area contributed by atoms with E-state index in [1.807, 2.05) is 30.5 Å². The number of benzene rings is 2. The smallest absolute Gasteiger partial charge is 0.416 e. The molecule has 4 rings (SSSR count). The van der Waals surface area contributed by atoms with E-state index in [9.17, 15) is 13.2 Å². The number of rotatable bonds is 4. The molecule has 144 valence electrons. The first-order valence-corrected chi connectivity index (χ1v) is 9.21. The zero-order valence-corrected chi connectivity index (χ0v) is 16.3. The van der Waals surface area contributed by atoms with Crippen LogP contribution in [0.5, 0.6) is 5.75 Å². The Morgan fingerprint density at radius 1 is 1.11 bits per heavy atom. The number of aryl methyl sites for hydroxylation is 1. The van der Waals surface area contributed by atoms with Crippen LogP contribution in [0.1, 0.15) is 11.3 Å². The van der Waals surface area contributed by atoms with Crippen LogP contribution < -0.4 is 4.74 Å². The number of aromatic amines is 1. The fourth-order valence-electron chi connectivity index (χ4n) is 2.96. The summed E-state index contributed by atoms with van der Waals surface area (Å²) in [4.78, 5) is 3.13. The fourth-order valence-corrected chi connectivity index (χ4v) is 3.64. The third-order valence-corrected chi connectivity index (χ3v) is 5.32. The second-order valence-corrected chi connectivity index (χ2v) is 7.12. The molecule has 2 aromatic carbocycles. The Labute approximate surface area is 167 Å². The number of halogens is 4. The van der Waals surface area contributed by atoms with Gasteiger partial charge in [-0.15, -0.1) is 0 Å². The maximum Gasteiger partial charge on any atom is 0.416 e. The molecule has 0 saturated heterocycles. The highest BCUT2D eigenvalue weighted by Gasteiger charge is 2.30. The molecule has 0 aliphatic heterocycles. The van der Waals surface area contributed by atoms with Crippen LogP contribution in [-0.2, 0) is 19.8 Å². The fraction of sp³-hybridized carbons (Fsp3) is 0.150. The van der Waals surface area contributed by atoms with Crippen molar-refractivity contribution in [2.75, 3.05) is 0 Å². The summed E-state index contributed by atoms with van der Waals surface area (Å²) in [5, 5.41) is 5.52. The minimum atomic E-state index is -4.36. The van der Waals surface area contributed by atoms with E-state index < -0.39 is 11.7 Å². The zero-order valence-electron chi connectivity index (χ0n) is 14.7. The Morgan fingerprint density at radius 2 is 1.86 bits per heavy atom. The van der Waals surface area contributed by atoms with Crippen molar-refractivity contribution < 1.29 is 17.9 Å². The van der Waals surface area contributed by atoms with Gasteiger partial charge in [0.25, 0.3) is 0 Å². The summed E-state index contributed by atoms with van der Waals surface area (Å²) >= 11 is 3.51. The van der Waals surface area contributed by atoms with Crippen LogP contribution in [0.2, 0.25) is 0 Å². The highest BCUT2D eigenvalue weighted by Crippen LogP contribution is 2.34. The molecule has 0 amide bonds. The topological polar surface area (TPSA) is 42.8 Å². The largest absolute Gasteiger partial charge is 0.487 e. The van der Waals surface area contributed by atoms with Gasteiger partial charge in [0.2, 0.25) is 0 Å². The van der Waals surface area contributed by atoms with E-state index in [-0.39, 0.29) is 6.61 Å². The molecule has 0 radical (unpaired) electrons. The van der Waals surface area contributed by atoms with Gasteiger partial charge in [-0.25, -0.2) is 0 Å². The SMILES string of the molecule is Cn1nc(-c2ccc(C(F)(F)F)cc2)c(Br)c1COc1ccc2cc[nH]c2c1. The summed E-state index contributed by atoms with van der Waals surface area (Å²) < 4.78 is 46.5. The molecule has 0 fully saturated rings. The van der Waals surface area contributed by atoms with Gasteiger partial charge in [0.05, 0.1) is 15.7 Å². The molecule has 0 unspecified atom stereocenters. The molecule has 1 N–H and O–H groups in total. The summed E-state index contributed by atoms with van der Waals surface area (Å²) in [6.45, 7) is 0.261.